The Hall–Kier alpha value is -2.93. The molecule has 0 saturated heterocycles. The van der Waals surface area contributed by atoms with Gasteiger partial charge in [-0.05, 0) is 49.2 Å². The number of fused-ring (bicyclic) bond motifs is 1. The van der Waals surface area contributed by atoms with Crippen molar-refractivity contribution in [2.75, 3.05) is 7.11 Å². The molecule has 4 nitrogen and oxygen atoms in total. The quantitative estimate of drug-likeness (QED) is 0.701. The van der Waals surface area contributed by atoms with Crippen LogP contribution >= 0.6 is 0 Å². The van der Waals surface area contributed by atoms with Gasteiger partial charge in [-0.25, -0.2) is 0 Å². The molecule has 0 fully saturated rings. The van der Waals surface area contributed by atoms with Gasteiger partial charge in [-0.3, -0.25) is 0 Å². The molecule has 110 valence electrons. The van der Waals surface area contributed by atoms with Gasteiger partial charge in [-0.15, -0.1) is 0 Å². The summed E-state index contributed by atoms with van der Waals surface area (Å²) < 4.78 is 16.9. The molecule has 0 N–H and O–H groups in total. The molecule has 0 aliphatic carbocycles. The molecule has 2 aromatic carbocycles. The highest BCUT2D eigenvalue weighted by Gasteiger charge is 2.13. The first kappa shape index (κ1) is 14.0. The second-order valence-corrected chi connectivity index (χ2v) is 5.15. The number of nitrogens with zero attached hydrogens (tertiary/aromatic N) is 1. The summed E-state index contributed by atoms with van der Waals surface area (Å²) in [5.74, 6) is 2.20. The topological polar surface area (TPSA) is 55.4 Å². The zero-order chi connectivity index (χ0) is 15.7. The lowest BCUT2D eigenvalue weighted by molar-refractivity contribution is 0.379. The Labute approximate surface area is 128 Å². The predicted octanol–water partition coefficient (Wildman–Crippen LogP) is 4.72. The predicted molar refractivity (Wildman–Crippen MR) is 83.5 cm³/mol. The van der Waals surface area contributed by atoms with Crippen molar-refractivity contribution >= 4 is 11.0 Å². The molecule has 0 radical (unpaired) electrons. The maximum absolute atomic E-state index is 9.00. The van der Waals surface area contributed by atoms with Crippen LogP contribution in [0.4, 0.5) is 0 Å². The van der Waals surface area contributed by atoms with E-state index < -0.39 is 0 Å². The van der Waals surface area contributed by atoms with Crippen LogP contribution < -0.4 is 9.47 Å². The van der Waals surface area contributed by atoms with Crippen molar-refractivity contribution in [1.82, 2.24) is 0 Å². The molecule has 0 atom stereocenters. The number of aryl methyl sites for hydroxylation is 2. The van der Waals surface area contributed by atoms with E-state index in [1.807, 2.05) is 50.2 Å². The zero-order valence-electron chi connectivity index (χ0n) is 12.6. The second-order valence-electron chi connectivity index (χ2n) is 5.15. The van der Waals surface area contributed by atoms with Gasteiger partial charge in [0.1, 0.15) is 17.4 Å². The third-order valence-electron chi connectivity index (χ3n) is 3.39. The van der Waals surface area contributed by atoms with E-state index in [0.717, 1.165) is 16.5 Å². The van der Waals surface area contributed by atoms with Crippen molar-refractivity contribution in [3.05, 3.63) is 53.3 Å². The summed E-state index contributed by atoms with van der Waals surface area (Å²) in [6, 6.07) is 13.2. The van der Waals surface area contributed by atoms with Crippen LogP contribution in [0.25, 0.3) is 11.0 Å². The molecule has 3 rings (SSSR count). The van der Waals surface area contributed by atoms with Crippen molar-refractivity contribution < 1.29 is 13.9 Å². The van der Waals surface area contributed by atoms with E-state index in [4.69, 9.17) is 19.2 Å². The number of rotatable bonds is 3. The summed E-state index contributed by atoms with van der Waals surface area (Å²) in [5.41, 5.74) is 2.72. The number of furan rings is 1. The van der Waals surface area contributed by atoms with Crippen LogP contribution in [-0.4, -0.2) is 7.11 Å². The van der Waals surface area contributed by atoms with Crippen molar-refractivity contribution in [1.29, 1.82) is 5.26 Å². The van der Waals surface area contributed by atoms with Crippen molar-refractivity contribution in [2.24, 2.45) is 0 Å². The van der Waals surface area contributed by atoms with Gasteiger partial charge in [0.05, 0.1) is 12.5 Å². The highest BCUT2D eigenvalue weighted by molar-refractivity contribution is 5.86. The molecule has 0 saturated carbocycles. The minimum absolute atomic E-state index is 0.265. The van der Waals surface area contributed by atoms with Crippen LogP contribution in [0.3, 0.4) is 0 Å². The van der Waals surface area contributed by atoms with E-state index in [-0.39, 0.29) is 5.76 Å². The maximum Gasteiger partial charge on any atom is 0.204 e. The van der Waals surface area contributed by atoms with Crippen LogP contribution in [0, 0.1) is 25.2 Å². The van der Waals surface area contributed by atoms with E-state index in [9.17, 15) is 0 Å². The van der Waals surface area contributed by atoms with Gasteiger partial charge in [0.15, 0.2) is 11.5 Å². The molecule has 4 heteroatoms. The fraction of sp³-hybridized carbons (Fsp3) is 0.167. The minimum Gasteiger partial charge on any atom is -0.493 e. The molecule has 1 aromatic heterocycles. The second kappa shape index (κ2) is 5.45. The molecule has 0 aliphatic rings. The van der Waals surface area contributed by atoms with Gasteiger partial charge in [0.25, 0.3) is 0 Å². The normalized spacial score (nSPS) is 10.5. The number of methoxy groups -OCH3 is 1. The number of hydrogen-bond donors (Lipinski definition) is 0. The van der Waals surface area contributed by atoms with E-state index >= 15 is 0 Å². The Balaban J connectivity index is 2.11. The Morgan fingerprint density at radius 2 is 1.73 bits per heavy atom. The van der Waals surface area contributed by atoms with Gasteiger partial charge < -0.3 is 13.9 Å². The fourth-order valence-corrected chi connectivity index (χ4v) is 2.36. The van der Waals surface area contributed by atoms with Crippen LogP contribution in [0.2, 0.25) is 0 Å². The van der Waals surface area contributed by atoms with E-state index in [0.29, 0.717) is 22.8 Å². The number of benzene rings is 2. The standard InChI is InChI=1S/C18H15NO3/c1-11-4-5-15(18(6-11)20-3)22-17-8-12(2)7-16-14(17)9-13(10-19)21-16/h4-9H,1-3H3. The summed E-state index contributed by atoms with van der Waals surface area (Å²) in [6.45, 7) is 3.94. The van der Waals surface area contributed by atoms with Crippen molar-refractivity contribution in [2.45, 2.75) is 13.8 Å². The Morgan fingerprint density at radius 3 is 2.45 bits per heavy atom. The highest BCUT2D eigenvalue weighted by atomic mass is 16.5. The first-order chi connectivity index (χ1) is 10.6. The number of hydrogen-bond acceptors (Lipinski definition) is 4. The Kier molecular flexibility index (Phi) is 3.48. The highest BCUT2D eigenvalue weighted by Crippen LogP contribution is 2.37. The monoisotopic (exact) mass is 293 g/mol. The van der Waals surface area contributed by atoms with Crippen LogP contribution in [0.5, 0.6) is 17.2 Å². The minimum atomic E-state index is 0.265. The number of nitriles is 1. The van der Waals surface area contributed by atoms with Gasteiger partial charge >= 0.3 is 0 Å². The third kappa shape index (κ3) is 2.49. The molecular formula is C18H15NO3. The molecule has 0 unspecified atom stereocenters. The lowest BCUT2D eigenvalue weighted by atomic mass is 10.1. The van der Waals surface area contributed by atoms with Crippen molar-refractivity contribution in [3.8, 4) is 23.3 Å². The summed E-state index contributed by atoms with van der Waals surface area (Å²) in [5, 5.41) is 9.77. The van der Waals surface area contributed by atoms with Crippen LogP contribution in [0.1, 0.15) is 16.9 Å². The summed E-state index contributed by atoms with van der Waals surface area (Å²) >= 11 is 0. The van der Waals surface area contributed by atoms with Gasteiger partial charge in [-0.2, -0.15) is 5.26 Å². The molecule has 22 heavy (non-hydrogen) atoms. The maximum atomic E-state index is 9.00. The Morgan fingerprint density at radius 1 is 0.955 bits per heavy atom. The molecule has 1 heterocycles. The molecule has 0 bridgehead atoms. The smallest absolute Gasteiger partial charge is 0.204 e. The van der Waals surface area contributed by atoms with Gasteiger partial charge in [0.2, 0.25) is 5.76 Å². The first-order valence-corrected chi connectivity index (χ1v) is 6.87. The molecule has 3 aromatic rings. The van der Waals surface area contributed by atoms with Crippen LogP contribution in [0.15, 0.2) is 40.8 Å². The fourth-order valence-electron chi connectivity index (χ4n) is 2.36. The third-order valence-corrected chi connectivity index (χ3v) is 3.39. The SMILES string of the molecule is COc1cc(C)ccc1Oc1cc(C)cc2oc(C#N)cc12. The average molecular weight is 293 g/mol. The van der Waals surface area contributed by atoms with Gasteiger partial charge in [0, 0.05) is 6.07 Å². The van der Waals surface area contributed by atoms with E-state index in [1.165, 1.54) is 0 Å². The molecular weight excluding hydrogens is 278 g/mol. The Bertz CT molecular complexity index is 887. The molecule has 0 spiro atoms. The van der Waals surface area contributed by atoms with Crippen molar-refractivity contribution in [3.63, 3.8) is 0 Å². The summed E-state index contributed by atoms with van der Waals surface area (Å²) in [4.78, 5) is 0. The van der Waals surface area contributed by atoms with E-state index in [1.54, 1.807) is 13.2 Å². The summed E-state index contributed by atoms with van der Waals surface area (Å²) in [7, 11) is 1.61. The van der Waals surface area contributed by atoms with Crippen LogP contribution in [-0.2, 0) is 0 Å². The first-order valence-electron chi connectivity index (χ1n) is 6.87. The average Bonchev–Trinajstić information content (AvgIpc) is 2.92. The zero-order valence-corrected chi connectivity index (χ0v) is 12.6. The summed E-state index contributed by atoms with van der Waals surface area (Å²) in [6.07, 6.45) is 0. The number of ether oxygens (including phenoxy) is 2. The molecule has 0 aliphatic heterocycles. The largest absolute Gasteiger partial charge is 0.493 e. The van der Waals surface area contributed by atoms with Gasteiger partial charge in [-0.1, -0.05) is 6.07 Å². The van der Waals surface area contributed by atoms with E-state index in [2.05, 4.69) is 0 Å². The lowest BCUT2D eigenvalue weighted by Gasteiger charge is -2.12. The lowest BCUT2D eigenvalue weighted by Crippen LogP contribution is -1.91. The molecule has 0 amide bonds.